The van der Waals surface area contributed by atoms with Gasteiger partial charge in [-0.15, -0.1) is 0 Å². The Morgan fingerprint density at radius 3 is 1.40 bits per heavy atom. The summed E-state index contributed by atoms with van der Waals surface area (Å²) in [6, 6.07) is 0. The number of rotatable bonds is 24. The predicted molar refractivity (Wildman–Crippen MR) is 207 cm³/mol. The van der Waals surface area contributed by atoms with E-state index in [0.717, 1.165) is 6.42 Å². The lowest BCUT2D eigenvalue weighted by molar-refractivity contribution is -0.00749. The Labute approximate surface area is 276 Å². The van der Waals surface area contributed by atoms with Gasteiger partial charge in [-0.1, -0.05) is 122 Å². The molecule has 0 saturated carbocycles. The first-order valence-corrected chi connectivity index (χ1v) is 26.8. The summed E-state index contributed by atoms with van der Waals surface area (Å²) in [6.07, 6.45) is 18.3. The molecule has 0 aliphatic heterocycles. The summed E-state index contributed by atoms with van der Waals surface area (Å²) >= 11 is 0. The van der Waals surface area contributed by atoms with Crippen LogP contribution in [0.5, 0.6) is 0 Å². The molecule has 0 aliphatic carbocycles. The van der Waals surface area contributed by atoms with Gasteiger partial charge in [-0.25, -0.2) is 0 Å². The highest BCUT2D eigenvalue weighted by atomic mass is 31.2. The van der Waals surface area contributed by atoms with Gasteiger partial charge in [-0.05, 0) is 79.9 Å². The van der Waals surface area contributed by atoms with Crippen LogP contribution in [0.4, 0.5) is 0 Å². The minimum absolute atomic E-state index is 0.188. The van der Waals surface area contributed by atoms with Gasteiger partial charge in [0.2, 0.25) is 8.32 Å². The zero-order valence-electron chi connectivity index (χ0n) is 32.7. The van der Waals surface area contributed by atoms with Crippen molar-refractivity contribution in [2.24, 2.45) is 17.8 Å². The van der Waals surface area contributed by atoms with E-state index in [1.165, 1.54) is 63.2 Å². The second-order valence-corrected chi connectivity index (χ2v) is 30.7. The highest BCUT2D eigenvalue weighted by Crippen LogP contribution is 2.62. The van der Waals surface area contributed by atoms with Crippen molar-refractivity contribution in [1.29, 1.82) is 0 Å². The van der Waals surface area contributed by atoms with Crippen molar-refractivity contribution in [2.75, 3.05) is 24.6 Å². The Morgan fingerprint density at radius 1 is 0.651 bits per heavy atom. The predicted octanol–water partition coefficient (Wildman–Crippen LogP) is 13.4. The van der Waals surface area contributed by atoms with Gasteiger partial charge in [0.05, 0.1) is 36.9 Å². The van der Waals surface area contributed by atoms with Crippen molar-refractivity contribution in [1.82, 2.24) is 0 Å². The minimum Gasteiger partial charge on any atom is -0.414 e. The minimum atomic E-state index is -2.03. The molecule has 0 fully saturated rings. The van der Waals surface area contributed by atoms with Crippen molar-refractivity contribution in [3.8, 4) is 0 Å². The molecule has 0 unspecified atom stereocenters. The summed E-state index contributed by atoms with van der Waals surface area (Å²) in [5.41, 5.74) is 3.41. The first-order chi connectivity index (χ1) is 19.9. The van der Waals surface area contributed by atoms with Crippen molar-refractivity contribution in [2.45, 2.75) is 190 Å². The molecule has 0 rings (SSSR count). The molecule has 0 saturated heterocycles. The smallest absolute Gasteiger partial charge is 0.200 e. The van der Waals surface area contributed by atoms with E-state index < -0.39 is 23.9 Å². The average Bonchev–Trinajstić information content (AvgIpc) is 2.91. The molecule has 0 aromatic heterocycles. The highest BCUT2D eigenvalue weighted by molar-refractivity contribution is 7.76. The molecule has 2 nitrogen and oxygen atoms in total. The molecule has 258 valence electrons. The third-order valence-electron chi connectivity index (χ3n) is 10.4. The van der Waals surface area contributed by atoms with E-state index in [0.29, 0.717) is 34.4 Å². The summed E-state index contributed by atoms with van der Waals surface area (Å²) in [6.45, 7) is 41.0. The Morgan fingerprint density at radius 2 is 1.07 bits per heavy atom. The van der Waals surface area contributed by atoms with E-state index in [1.54, 1.807) is 5.57 Å². The van der Waals surface area contributed by atoms with Crippen LogP contribution in [0, 0.1) is 17.8 Å². The molecule has 0 spiro atoms. The second kappa shape index (κ2) is 20.7. The van der Waals surface area contributed by atoms with E-state index in [2.05, 4.69) is 123 Å². The lowest BCUT2D eigenvalue weighted by Crippen LogP contribution is -2.55. The standard InChI is InChI=1S/C38H82O2PSi2/c1-18-22-25-41(26-23-19-2,27-24-20-3)29-33(11)28-35(13)38(39-42(15,16)17)36(14)37(34(12)21-4)40-43(30(5)6,31(7)8)32(9)10/h28,30-32,34-38H,18-27,29H2,1-17H3/q+1/b33-28+/t34-,35+,36+,37+,38+/m0/s1. The lowest BCUT2D eigenvalue weighted by atomic mass is 9.83. The topological polar surface area (TPSA) is 18.5 Å². The van der Waals surface area contributed by atoms with Crippen molar-refractivity contribution in [3.63, 3.8) is 0 Å². The summed E-state index contributed by atoms with van der Waals surface area (Å²) in [4.78, 5) is 0. The van der Waals surface area contributed by atoms with Gasteiger partial charge >= 0.3 is 0 Å². The van der Waals surface area contributed by atoms with Crippen molar-refractivity contribution >= 4 is 23.9 Å². The second-order valence-electron chi connectivity index (χ2n) is 16.4. The molecule has 5 heteroatoms. The van der Waals surface area contributed by atoms with Crippen LogP contribution in [0.15, 0.2) is 11.6 Å². The molecule has 0 heterocycles. The molecular weight excluding hydrogens is 576 g/mol. The zero-order chi connectivity index (χ0) is 33.6. The Balaban J connectivity index is 6.66. The molecule has 5 atom stereocenters. The van der Waals surface area contributed by atoms with Crippen LogP contribution in [0.2, 0.25) is 36.3 Å². The monoisotopic (exact) mass is 658 g/mol. The van der Waals surface area contributed by atoms with Crippen LogP contribution >= 0.6 is 7.26 Å². The van der Waals surface area contributed by atoms with Gasteiger partial charge in [0.25, 0.3) is 0 Å². The van der Waals surface area contributed by atoms with Crippen LogP contribution < -0.4 is 0 Å². The van der Waals surface area contributed by atoms with Crippen molar-refractivity contribution < 1.29 is 8.85 Å². The van der Waals surface area contributed by atoms with Gasteiger partial charge in [0, 0.05) is 13.2 Å². The third-order valence-corrected chi connectivity index (χ3v) is 22.4. The Hall–Kier alpha value is 0.524. The number of allylic oxidation sites excluding steroid dienone is 1. The average molecular weight is 658 g/mol. The fourth-order valence-corrected chi connectivity index (χ4v) is 20.3. The van der Waals surface area contributed by atoms with Crippen molar-refractivity contribution in [3.05, 3.63) is 11.6 Å². The first-order valence-electron chi connectivity index (χ1n) is 18.8. The number of unbranched alkanes of at least 4 members (excludes halogenated alkanes) is 3. The summed E-state index contributed by atoms with van der Waals surface area (Å²) in [5.74, 6) is 1.25. The molecule has 43 heavy (non-hydrogen) atoms. The molecule has 0 amide bonds. The number of hydrogen-bond donors (Lipinski definition) is 0. The highest BCUT2D eigenvalue weighted by Gasteiger charge is 2.49. The van der Waals surface area contributed by atoms with E-state index in [4.69, 9.17) is 8.85 Å². The van der Waals surface area contributed by atoms with Gasteiger partial charge in [-0.3, -0.25) is 0 Å². The maximum Gasteiger partial charge on any atom is 0.200 e. The van der Waals surface area contributed by atoms with Crippen LogP contribution in [-0.4, -0.2) is 53.5 Å². The molecule has 0 N–H and O–H groups in total. The lowest BCUT2D eigenvalue weighted by Gasteiger charge is -2.49. The van der Waals surface area contributed by atoms with Gasteiger partial charge in [-0.2, -0.15) is 0 Å². The molecule has 0 aliphatic rings. The number of hydrogen-bond acceptors (Lipinski definition) is 2. The SMILES string of the molecule is CCCC[P+](CCCC)(CCCC)C/C(C)=C/[C@@H](C)[C@@H](O[Si](C)(C)C)[C@H](C)[C@H](O[Si](C(C)C)(C(C)C)C(C)C)[C@@H](C)CC. The molecular formula is C38H82O2PSi2+. The van der Waals surface area contributed by atoms with Crippen LogP contribution in [0.3, 0.4) is 0 Å². The summed E-state index contributed by atoms with van der Waals surface area (Å²) in [7, 11) is -4.78. The van der Waals surface area contributed by atoms with E-state index in [9.17, 15) is 0 Å². The summed E-state index contributed by atoms with van der Waals surface area (Å²) in [5, 5.41) is 0. The maximum atomic E-state index is 7.66. The van der Waals surface area contributed by atoms with E-state index >= 15 is 0 Å². The molecule has 0 radical (unpaired) electrons. The van der Waals surface area contributed by atoms with Crippen LogP contribution in [-0.2, 0) is 8.85 Å². The first kappa shape index (κ1) is 43.5. The van der Waals surface area contributed by atoms with Gasteiger partial charge in [0.1, 0.15) is 0 Å². The fourth-order valence-electron chi connectivity index (χ4n) is 8.09. The maximum absolute atomic E-state index is 7.66. The van der Waals surface area contributed by atoms with E-state index in [-0.39, 0.29) is 12.2 Å². The molecule has 0 aromatic rings. The summed E-state index contributed by atoms with van der Waals surface area (Å²) < 4.78 is 14.9. The Kier molecular flexibility index (Phi) is 20.9. The van der Waals surface area contributed by atoms with Crippen LogP contribution in [0.1, 0.15) is 142 Å². The fraction of sp³-hybridized carbons (Fsp3) is 0.947. The molecule has 0 aromatic carbocycles. The van der Waals surface area contributed by atoms with Crippen LogP contribution in [0.25, 0.3) is 0 Å². The normalized spacial score (nSPS) is 17.5. The zero-order valence-corrected chi connectivity index (χ0v) is 35.6. The third kappa shape index (κ3) is 14.0. The Bertz CT molecular complexity index is 714. The van der Waals surface area contributed by atoms with E-state index in [1.807, 2.05) is 0 Å². The quantitative estimate of drug-likeness (QED) is 0.0584. The largest absolute Gasteiger partial charge is 0.414 e. The van der Waals surface area contributed by atoms with Gasteiger partial charge < -0.3 is 8.85 Å². The van der Waals surface area contributed by atoms with Gasteiger partial charge in [0.15, 0.2) is 8.32 Å². The molecule has 0 bridgehead atoms.